The molecular weight excluding hydrogens is 300 g/mol. The highest BCUT2D eigenvalue weighted by Crippen LogP contribution is 2.28. The third-order valence-corrected chi connectivity index (χ3v) is 5.70. The largest absolute Gasteiger partial charge is 0.342 e. The Balaban J connectivity index is 1.49. The van der Waals surface area contributed by atoms with E-state index in [9.17, 15) is 4.79 Å². The van der Waals surface area contributed by atoms with Gasteiger partial charge in [0.2, 0.25) is 5.91 Å². The second-order valence-electron chi connectivity index (χ2n) is 7.54. The number of carbonyl (C=O) groups is 1. The van der Waals surface area contributed by atoms with Crippen LogP contribution in [-0.4, -0.2) is 38.9 Å². The fraction of sp³-hybridized carbons (Fsp3) is 0.842. The number of piperidine rings is 1. The van der Waals surface area contributed by atoms with Gasteiger partial charge in [0.15, 0.2) is 0 Å². The van der Waals surface area contributed by atoms with Gasteiger partial charge in [-0.1, -0.05) is 44.2 Å². The Morgan fingerprint density at radius 3 is 2.50 bits per heavy atom. The summed E-state index contributed by atoms with van der Waals surface area (Å²) in [6.45, 7) is 3.96. The van der Waals surface area contributed by atoms with Crippen molar-refractivity contribution in [2.45, 2.75) is 83.6 Å². The maximum Gasteiger partial charge on any atom is 0.225 e. The van der Waals surface area contributed by atoms with Gasteiger partial charge < -0.3 is 4.90 Å². The molecule has 2 heterocycles. The molecule has 0 atom stereocenters. The second-order valence-corrected chi connectivity index (χ2v) is 7.54. The molecular formula is C19H32N4O. The number of unbranched alkanes of at least 4 members (excludes halogenated alkanes) is 1. The predicted octanol–water partition coefficient (Wildman–Crippen LogP) is 3.75. The smallest absolute Gasteiger partial charge is 0.225 e. The van der Waals surface area contributed by atoms with Crippen LogP contribution in [0.25, 0.3) is 0 Å². The van der Waals surface area contributed by atoms with Crippen LogP contribution < -0.4 is 0 Å². The SMILES string of the molecule is CCCCc1cn(C2CCN(C(=O)C3CCCCCC3)CC2)nn1. The van der Waals surface area contributed by atoms with E-state index in [0.29, 0.717) is 11.9 Å². The van der Waals surface area contributed by atoms with Crippen LogP contribution in [0, 0.1) is 5.92 Å². The number of hydrogen-bond donors (Lipinski definition) is 0. The maximum atomic E-state index is 12.8. The molecule has 1 aliphatic carbocycles. The first-order chi connectivity index (χ1) is 11.8. The van der Waals surface area contributed by atoms with Crippen LogP contribution in [0.15, 0.2) is 6.20 Å². The van der Waals surface area contributed by atoms with Crippen molar-refractivity contribution in [2.24, 2.45) is 5.92 Å². The summed E-state index contributed by atoms with van der Waals surface area (Å²) in [4.78, 5) is 14.9. The minimum atomic E-state index is 0.288. The fourth-order valence-corrected chi connectivity index (χ4v) is 4.10. The van der Waals surface area contributed by atoms with E-state index in [1.807, 2.05) is 4.68 Å². The van der Waals surface area contributed by atoms with Gasteiger partial charge in [0, 0.05) is 25.2 Å². The van der Waals surface area contributed by atoms with Crippen LogP contribution in [0.1, 0.15) is 82.9 Å². The van der Waals surface area contributed by atoms with Crippen molar-refractivity contribution in [3.8, 4) is 0 Å². The van der Waals surface area contributed by atoms with Crippen LogP contribution in [0.5, 0.6) is 0 Å². The minimum Gasteiger partial charge on any atom is -0.342 e. The molecule has 2 aliphatic rings. The molecule has 0 N–H and O–H groups in total. The Labute approximate surface area is 145 Å². The van der Waals surface area contributed by atoms with Gasteiger partial charge in [-0.15, -0.1) is 5.10 Å². The van der Waals surface area contributed by atoms with E-state index >= 15 is 0 Å². The topological polar surface area (TPSA) is 51.0 Å². The zero-order chi connectivity index (χ0) is 16.8. The molecule has 1 saturated carbocycles. The van der Waals surface area contributed by atoms with Crippen molar-refractivity contribution in [3.63, 3.8) is 0 Å². The summed E-state index contributed by atoms with van der Waals surface area (Å²) >= 11 is 0. The summed E-state index contributed by atoms with van der Waals surface area (Å²) in [7, 11) is 0. The van der Waals surface area contributed by atoms with Crippen molar-refractivity contribution in [1.82, 2.24) is 19.9 Å². The molecule has 1 aliphatic heterocycles. The first kappa shape index (κ1) is 17.4. The molecule has 5 nitrogen and oxygen atoms in total. The summed E-state index contributed by atoms with van der Waals surface area (Å²) < 4.78 is 2.04. The lowest BCUT2D eigenvalue weighted by atomic mass is 9.96. The summed E-state index contributed by atoms with van der Waals surface area (Å²) in [6, 6.07) is 0.408. The third-order valence-electron chi connectivity index (χ3n) is 5.70. The van der Waals surface area contributed by atoms with Gasteiger partial charge in [-0.3, -0.25) is 4.79 Å². The molecule has 0 aromatic carbocycles. The molecule has 24 heavy (non-hydrogen) atoms. The average Bonchev–Trinajstić information content (AvgIpc) is 2.92. The Morgan fingerprint density at radius 1 is 1.12 bits per heavy atom. The lowest BCUT2D eigenvalue weighted by Crippen LogP contribution is -2.42. The van der Waals surface area contributed by atoms with Crippen LogP contribution in [0.3, 0.4) is 0 Å². The fourth-order valence-electron chi connectivity index (χ4n) is 4.10. The summed E-state index contributed by atoms with van der Waals surface area (Å²) in [5.41, 5.74) is 1.11. The number of likely N-dealkylation sites (tertiary alicyclic amines) is 1. The zero-order valence-corrected chi connectivity index (χ0v) is 15.1. The minimum absolute atomic E-state index is 0.288. The Bertz CT molecular complexity index is 511. The van der Waals surface area contributed by atoms with Crippen LogP contribution in [-0.2, 0) is 11.2 Å². The molecule has 0 unspecified atom stereocenters. The molecule has 134 valence electrons. The molecule has 2 fully saturated rings. The summed E-state index contributed by atoms with van der Waals surface area (Å²) in [5, 5.41) is 8.63. The molecule has 1 aromatic rings. The standard InChI is InChI=1S/C19H32N4O/c1-2-3-10-17-15-23(21-20-17)18-11-13-22(14-12-18)19(24)16-8-6-4-5-7-9-16/h15-16,18H,2-14H2,1H3. The van der Waals surface area contributed by atoms with Crippen molar-refractivity contribution >= 4 is 5.91 Å². The maximum absolute atomic E-state index is 12.8. The number of rotatable bonds is 5. The van der Waals surface area contributed by atoms with Crippen LogP contribution in [0.4, 0.5) is 0 Å². The molecule has 1 saturated heterocycles. The molecule has 1 aromatic heterocycles. The van der Waals surface area contributed by atoms with E-state index in [-0.39, 0.29) is 5.92 Å². The van der Waals surface area contributed by atoms with Gasteiger partial charge in [-0.25, -0.2) is 4.68 Å². The van der Waals surface area contributed by atoms with Crippen molar-refractivity contribution in [2.75, 3.05) is 13.1 Å². The predicted molar refractivity (Wildman–Crippen MR) is 94.7 cm³/mol. The van der Waals surface area contributed by atoms with Crippen LogP contribution >= 0.6 is 0 Å². The Morgan fingerprint density at radius 2 is 1.83 bits per heavy atom. The zero-order valence-electron chi connectivity index (χ0n) is 15.1. The number of aryl methyl sites for hydroxylation is 1. The number of amides is 1. The van der Waals surface area contributed by atoms with Crippen molar-refractivity contribution < 1.29 is 4.79 Å². The highest BCUT2D eigenvalue weighted by atomic mass is 16.2. The van der Waals surface area contributed by atoms with Gasteiger partial charge in [0.25, 0.3) is 0 Å². The van der Waals surface area contributed by atoms with E-state index in [1.165, 1.54) is 38.5 Å². The number of carbonyl (C=O) groups excluding carboxylic acids is 1. The lowest BCUT2D eigenvalue weighted by Gasteiger charge is -2.34. The van der Waals surface area contributed by atoms with E-state index in [2.05, 4.69) is 28.3 Å². The van der Waals surface area contributed by atoms with Crippen molar-refractivity contribution in [3.05, 3.63) is 11.9 Å². The quantitative estimate of drug-likeness (QED) is 0.772. The van der Waals surface area contributed by atoms with Gasteiger partial charge in [0.1, 0.15) is 0 Å². The second kappa shape index (κ2) is 8.63. The van der Waals surface area contributed by atoms with Gasteiger partial charge in [0.05, 0.1) is 11.7 Å². The Kier molecular flexibility index (Phi) is 6.27. The van der Waals surface area contributed by atoms with Crippen LogP contribution in [0.2, 0.25) is 0 Å². The molecule has 0 spiro atoms. The number of aromatic nitrogens is 3. The van der Waals surface area contributed by atoms with Gasteiger partial charge in [-0.05, 0) is 38.5 Å². The lowest BCUT2D eigenvalue weighted by molar-refractivity contribution is -0.137. The van der Waals surface area contributed by atoms with Gasteiger partial charge in [-0.2, -0.15) is 0 Å². The van der Waals surface area contributed by atoms with Gasteiger partial charge >= 0.3 is 0 Å². The van der Waals surface area contributed by atoms with Crippen molar-refractivity contribution in [1.29, 1.82) is 0 Å². The summed E-state index contributed by atoms with van der Waals surface area (Å²) in [5.74, 6) is 0.702. The highest BCUT2D eigenvalue weighted by Gasteiger charge is 2.29. The normalized spacial score (nSPS) is 21.0. The molecule has 0 radical (unpaired) electrons. The highest BCUT2D eigenvalue weighted by molar-refractivity contribution is 5.78. The number of hydrogen-bond acceptors (Lipinski definition) is 3. The van der Waals surface area contributed by atoms with E-state index in [4.69, 9.17) is 0 Å². The molecule has 1 amide bonds. The van der Waals surface area contributed by atoms with E-state index < -0.39 is 0 Å². The third kappa shape index (κ3) is 4.37. The van der Waals surface area contributed by atoms with E-state index in [1.54, 1.807) is 0 Å². The first-order valence-corrected chi connectivity index (χ1v) is 9.97. The average molecular weight is 332 g/mol. The number of nitrogens with zero attached hydrogens (tertiary/aromatic N) is 4. The molecule has 5 heteroatoms. The monoisotopic (exact) mass is 332 g/mol. The molecule has 3 rings (SSSR count). The summed E-state index contributed by atoms with van der Waals surface area (Å²) in [6.07, 6.45) is 14.8. The first-order valence-electron chi connectivity index (χ1n) is 9.97. The Hall–Kier alpha value is -1.39. The molecule has 0 bridgehead atoms. The van der Waals surface area contributed by atoms with E-state index in [0.717, 1.165) is 50.9 Å².